The standard InChI is InChI=1S/C22H18ClFN2O5S/c23-17-5-3-6-18(12-17)31-14-21(27)25-13-16-4-1-2-7-20(16)26-22(28)15-8-10-19(11-9-15)32(24,29)30/h1-12H,13-14H2,(H,25,27)(H,26,28). The number of carbonyl (C=O) groups excluding carboxylic acids is 2. The summed E-state index contributed by atoms with van der Waals surface area (Å²) in [5.41, 5.74) is 1.24. The molecule has 0 atom stereocenters. The molecule has 0 bridgehead atoms. The Labute approximate surface area is 189 Å². The van der Waals surface area contributed by atoms with Gasteiger partial charge >= 0.3 is 10.2 Å². The molecule has 0 fully saturated rings. The highest BCUT2D eigenvalue weighted by Gasteiger charge is 2.14. The second kappa shape index (κ2) is 10.3. The Morgan fingerprint density at radius 3 is 2.38 bits per heavy atom. The number of halogens is 2. The highest BCUT2D eigenvalue weighted by atomic mass is 35.5. The summed E-state index contributed by atoms with van der Waals surface area (Å²) in [6.45, 7) is -0.0775. The van der Waals surface area contributed by atoms with Gasteiger partial charge in [0.25, 0.3) is 11.8 Å². The zero-order chi connectivity index (χ0) is 23.1. The van der Waals surface area contributed by atoms with Gasteiger partial charge in [-0.3, -0.25) is 9.59 Å². The Balaban J connectivity index is 1.59. The monoisotopic (exact) mass is 476 g/mol. The summed E-state index contributed by atoms with van der Waals surface area (Å²) < 4.78 is 40.2. The van der Waals surface area contributed by atoms with E-state index in [4.69, 9.17) is 16.3 Å². The van der Waals surface area contributed by atoms with Gasteiger partial charge < -0.3 is 15.4 Å². The maximum Gasteiger partial charge on any atom is 0.332 e. The minimum atomic E-state index is -4.84. The summed E-state index contributed by atoms with van der Waals surface area (Å²) in [4.78, 5) is 24.1. The second-order valence-corrected chi connectivity index (χ2v) is 8.38. The molecule has 0 aliphatic heterocycles. The Morgan fingerprint density at radius 1 is 0.969 bits per heavy atom. The third-order valence-electron chi connectivity index (χ3n) is 4.31. The van der Waals surface area contributed by atoms with E-state index in [1.807, 2.05) is 0 Å². The van der Waals surface area contributed by atoms with Gasteiger partial charge in [-0.05, 0) is 54.1 Å². The van der Waals surface area contributed by atoms with Crippen LogP contribution >= 0.6 is 11.6 Å². The molecule has 0 radical (unpaired) electrons. The number of nitrogens with one attached hydrogen (secondary N) is 2. The molecule has 166 valence electrons. The first-order chi connectivity index (χ1) is 15.2. The first kappa shape index (κ1) is 23.2. The first-order valence-corrected chi connectivity index (χ1v) is 11.1. The number of rotatable bonds is 8. The number of carbonyl (C=O) groups is 2. The van der Waals surface area contributed by atoms with Crippen molar-refractivity contribution in [3.8, 4) is 5.75 Å². The summed E-state index contributed by atoms with van der Waals surface area (Å²) in [7, 11) is -4.84. The maximum atomic E-state index is 13.0. The average molecular weight is 477 g/mol. The molecule has 2 amide bonds. The minimum Gasteiger partial charge on any atom is -0.484 e. The van der Waals surface area contributed by atoms with E-state index in [1.54, 1.807) is 48.5 Å². The van der Waals surface area contributed by atoms with Gasteiger partial charge in [0, 0.05) is 22.8 Å². The quantitative estimate of drug-likeness (QED) is 0.479. The van der Waals surface area contributed by atoms with Gasteiger partial charge in [0.2, 0.25) is 0 Å². The number of hydrogen-bond acceptors (Lipinski definition) is 5. The van der Waals surface area contributed by atoms with E-state index in [9.17, 15) is 21.9 Å². The van der Waals surface area contributed by atoms with E-state index in [2.05, 4.69) is 10.6 Å². The lowest BCUT2D eigenvalue weighted by molar-refractivity contribution is -0.123. The summed E-state index contributed by atoms with van der Waals surface area (Å²) in [6.07, 6.45) is 0. The molecule has 0 saturated heterocycles. The lowest BCUT2D eigenvalue weighted by Gasteiger charge is -2.12. The van der Waals surface area contributed by atoms with Crippen LogP contribution in [-0.4, -0.2) is 26.8 Å². The SMILES string of the molecule is O=C(COc1cccc(Cl)c1)NCc1ccccc1NC(=O)c1ccc(S(=O)(=O)F)cc1. The van der Waals surface area contributed by atoms with E-state index in [0.717, 1.165) is 12.1 Å². The topological polar surface area (TPSA) is 102 Å². The number of para-hydroxylation sites is 1. The molecule has 0 spiro atoms. The van der Waals surface area contributed by atoms with Crippen LogP contribution in [0.15, 0.2) is 77.7 Å². The third kappa shape index (κ3) is 6.53. The van der Waals surface area contributed by atoms with Crippen LogP contribution in [0.2, 0.25) is 5.02 Å². The molecule has 0 aliphatic rings. The lowest BCUT2D eigenvalue weighted by atomic mass is 10.1. The Hall–Kier alpha value is -3.43. The molecule has 0 aliphatic carbocycles. The fourth-order valence-electron chi connectivity index (χ4n) is 2.71. The van der Waals surface area contributed by atoms with Gasteiger partial charge in [0.05, 0.1) is 4.90 Å². The van der Waals surface area contributed by atoms with Crippen LogP contribution in [0.3, 0.4) is 0 Å². The Morgan fingerprint density at radius 2 is 1.69 bits per heavy atom. The number of amides is 2. The fourth-order valence-corrected chi connectivity index (χ4v) is 3.35. The van der Waals surface area contributed by atoms with Crippen LogP contribution in [-0.2, 0) is 21.6 Å². The van der Waals surface area contributed by atoms with Crippen molar-refractivity contribution in [1.82, 2.24) is 5.32 Å². The summed E-state index contributed by atoms with van der Waals surface area (Å²) in [5, 5.41) is 5.89. The Bertz CT molecular complexity index is 1230. The molecule has 3 rings (SSSR count). The number of hydrogen-bond donors (Lipinski definition) is 2. The van der Waals surface area contributed by atoms with Crippen LogP contribution in [0.25, 0.3) is 0 Å². The third-order valence-corrected chi connectivity index (χ3v) is 5.38. The lowest BCUT2D eigenvalue weighted by Crippen LogP contribution is -2.29. The molecule has 32 heavy (non-hydrogen) atoms. The number of anilines is 1. The van der Waals surface area contributed by atoms with Crippen molar-refractivity contribution in [3.63, 3.8) is 0 Å². The predicted molar refractivity (Wildman–Crippen MR) is 118 cm³/mol. The molecule has 10 heteroatoms. The Kier molecular flexibility index (Phi) is 7.45. The van der Waals surface area contributed by atoms with E-state index in [-0.39, 0.29) is 24.6 Å². The van der Waals surface area contributed by atoms with E-state index < -0.39 is 21.0 Å². The van der Waals surface area contributed by atoms with Gasteiger partial charge in [0.1, 0.15) is 5.75 Å². The minimum absolute atomic E-state index is 0.132. The van der Waals surface area contributed by atoms with Gasteiger partial charge in [-0.25, -0.2) is 0 Å². The fraction of sp³-hybridized carbons (Fsp3) is 0.0909. The van der Waals surface area contributed by atoms with Crippen molar-refractivity contribution in [1.29, 1.82) is 0 Å². The average Bonchev–Trinajstić information content (AvgIpc) is 2.76. The van der Waals surface area contributed by atoms with Crippen molar-refractivity contribution in [3.05, 3.63) is 88.9 Å². The highest BCUT2D eigenvalue weighted by molar-refractivity contribution is 7.86. The number of ether oxygens (including phenoxy) is 1. The summed E-state index contributed by atoms with van der Waals surface area (Å²) in [6, 6.07) is 18.0. The second-order valence-electron chi connectivity index (χ2n) is 6.60. The molecule has 3 aromatic carbocycles. The molecule has 7 nitrogen and oxygen atoms in total. The molecule has 0 unspecified atom stereocenters. The van der Waals surface area contributed by atoms with Gasteiger partial charge in [-0.1, -0.05) is 35.9 Å². The van der Waals surface area contributed by atoms with Crippen LogP contribution in [0.1, 0.15) is 15.9 Å². The zero-order valence-corrected chi connectivity index (χ0v) is 18.1. The van der Waals surface area contributed by atoms with Crippen LogP contribution in [0, 0.1) is 0 Å². The molecule has 2 N–H and O–H groups in total. The summed E-state index contributed by atoms with van der Waals surface area (Å²) in [5.74, 6) is -0.420. The van der Waals surface area contributed by atoms with E-state index in [1.165, 1.54) is 12.1 Å². The number of benzene rings is 3. The predicted octanol–water partition coefficient (Wildman–Crippen LogP) is 3.95. The normalized spacial score (nSPS) is 10.9. The first-order valence-electron chi connectivity index (χ1n) is 9.31. The van der Waals surface area contributed by atoms with Gasteiger partial charge in [0.15, 0.2) is 6.61 Å². The van der Waals surface area contributed by atoms with E-state index >= 15 is 0 Å². The van der Waals surface area contributed by atoms with Crippen molar-refractivity contribution >= 4 is 39.3 Å². The largest absolute Gasteiger partial charge is 0.484 e. The van der Waals surface area contributed by atoms with Crippen molar-refractivity contribution < 1.29 is 26.6 Å². The van der Waals surface area contributed by atoms with Crippen LogP contribution in [0.4, 0.5) is 9.57 Å². The van der Waals surface area contributed by atoms with Crippen molar-refractivity contribution in [2.24, 2.45) is 0 Å². The van der Waals surface area contributed by atoms with E-state index in [0.29, 0.717) is 22.0 Å². The van der Waals surface area contributed by atoms with Crippen LogP contribution < -0.4 is 15.4 Å². The molecule has 0 saturated carbocycles. The van der Waals surface area contributed by atoms with Crippen molar-refractivity contribution in [2.45, 2.75) is 11.4 Å². The summed E-state index contributed by atoms with van der Waals surface area (Å²) >= 11 is 5.87. The molecule has 0 heterocycles. The van der Waals surface area contributed by atoms with Crippen LogP contribution in [0.5, 0.6) is 5.75 Å². The molecule has 3 aromatic rings. The van der Waals surface area contributed by atoms with Gasteiger partial charge in [-0.15, -0.1) is 3.89 Å². The molecular formula is C22H18ClFN2O5S. The zero-order valence-electron chi connectivity index (χ0n) is 16.5. The molecular weight excluding hydrogens is 459 g/mol. The highest BCUT2D eigenvalue weighted by Crippen LogP contribution is 2.19. The van der Waals surface area contributed by atoms with Gasteiger partial charge in [-0.2, -0.15) is 8.42 Å². The maximum absolute atomic E-state index is 13.0. The smallest absolute Gasteiger partial charge is 0.332 e. The van der Waals surface area contributed by atoms with Crippen molar-refractivity contribution in [2.75, 3.05) is 11.9 Å². The molecule has 0 aromatic heterocycles.